The molecule has 6 heterocycles. The largest absolute Gasteiger partial charge is 0.480 e. The number of carboxylic acids is 1. The van der Waals surface area contributed by atoms with Crippen LogP contribution in [0.25, 0.3) is 11.2 Å². The number of aromatic nitrogens is 4. The Labute approximate surface area is 652 Å². The number of H-pyrrole nitrogens is 1. The van der Waals surface area contributed by atoms with Crippen LogP contribution in [0.15, 0.2) is 127 Å². The molecule has 5 aliphatic rings. The first-order valence-corrected chi connectivity index (χ1v) is 40.0. The van der Waals surface area contributed by atoms with Crippen molar-refractivity contribution in [1.82, 2.24) is 41.2 Å². The number of carboxylic acid groups (broad SMARTS) is 1. The number of aliphatic hydroxyl groups is 8. The van der Waals surface area contributed by atoms with Gasteiger partial charge in [-0.25, -0.2) is 14.8 Å². The molecule has 0 saturated carbocycles. The second-order valence-corrected chi connectivity index (χ2v) is 32.4. The highest BCUT2D eigenvalue weighted by molar-refractivity contribution is 8.03. The predicted molar refractivity (Wildman–Crippen MR) is 406 cm³/mol. The number of nitrogens with two attached hydrogens (primary N) is 1. The third-order valence-corrected chi connectivity index (χ3v) is 22.9. The standard InChI is InChI=1S/C73H92N12O25S3/c1-72(2)45-32-43(112(101,102)103)14-17-48(45)84(25-22-55(89)80-57-62(93)60(91)50(36-86)109-69(57)99)52(72)19-10-38-6-5-7-39(11-20-53-73(3,4)46-33-44(113(104,105)106)15-18-49(46)85(53)26-23-56(90)81-58-63(94)61(92)51(37-87)110-70(58)100)64(38)111-31-30-108-29-28-107-27-24-75-54(88)21-16-47(68(97)98)79-66(95)40-8-12-41(13-9-40)76-34-42-35-77-65-59(78-42)67(96)83-71(74)82-65/h8-15,17-20,32-33,35,47,50-51,57-58,60-63,69-70,86-87,91-94,99-100H,5-7,16,21-31,34,36-37H2,1-4H3,(H10-,74,75,76,77,79,80,81,82,83,88,89,90,95,96,97,98,101,102,103,104,105,106)/p+1. The predicted octanol–water partition coefficient (Wildman–Crippen LogP) is -0.462. The van der Waals surface area contributed by atoms with E-state index in [1.54, 1.807) is 21.6 Å². The fourth-order valence-corrected chi connectivity index (χ4v) is 16.1. The Bertz CT molecular complexity index is 4850. The molecular formula is C73H93N12O25S3+. The Kier molecular flexibility index (Phi) is 28.3. The van der Waals surface area contributed by atoms with Crippen molar-refractivity contribution < 1.29 is 119 Å². The molecule has 19 N–H and O–H groups in total. The quantitative estimate of drug-likeness (QED) is 0.0141. The maximum absolute atomic E-state index is 13.7. The second-order valence-electron chi connectivity index (χ2n) is 28.4. The molecule has 0 bridgehead atoms. The van der Waals surface area contributed by atoms with Gasteiger partial charge in [0.2, 0.25) is 29.4 Å². The van der Waals surface area contributed by atoms with E-state index in [-0.39, 0.29) is 111 Å². The summed E-state index contributed by atoms with van der Waals surface area (Å²) in [5.74, 6) is -3.63. The number of anilines is 3. The van der Waals surface area contributed by atoms with Gasteiger partial charge in [-0.05, 0) is 117 Å². The summed E-state index contributed by atoms with van der Waals surface area (Å²) in [5.41, 5.74) is 8.98. The van der Waals surface area contributed by atoms with E-state index in [2.05, 4.69) is 46.5 Å². The summed E-state index contributed by atoms with van der Waals surface area (Å²) in [6.07, 6.45) is -3.48. The van der Waals surface area contributed by atoms with Crippen LogP contribution < -0.4 is 42.8 Å². The highest BCUT2D eigenvalue weighted by atomic mass is 32.2. The summed E-state index contributed by atoms with van der Waals surface area (Å²) in [5, 5.41) is 107. The van der Waals surface area contributed by atoms with Gasteiger partial charge in [-0.1, -0.05) is 26.0 Å². The summed E-state index contributed by atoms with van der Waals surface area (Å²) >= 11 is 1.46. The van der Waals surface area contributed by atoms with Crippen LogP contribution in [-0.2, 0) is 75.7 Å². The topological polar surface area (TPSA) is 577 Å². The lowest BCUT2D eigenvalue weighted by molar-refractivity contribution is -0.436. The van der Waals surface area contributed by atoms with E-state index < -0.39 is 147 Å². The van der Waals surface area contributed by atoms with E-state index in [1.807, 2.05) is 52.0 Å². The lowest BCUT2D eigenvalue weighted by atomic mass is 9.81. The number of nitrogen functional groups attached to an aromatic ring is 1. The third kappa shape index (κ3) is 20.7. The number of fused-ring (bicyclic) bond motifs is 3. The summed E-state index contributed by atoms with van der Waals surface area (Å²) in [6.45, 7) is 6.45. The monoisotopic (exact) mass is 1630 g/mol. The van der Waals surface area contributed by atoms with E-state index in [9.17, 15) is 101 Å². The molecule has 2 saturated heterocycles. The number of carbonyl (C=O) groups is 5. The van der Waals surface area contributed by atoms with Crippen molar-refractivity contribution in [3.05, 3.63) is 146 Å². The minimum absolute atomic E-state index is 0.00577. The highest BCUT2D eigenvalue weighted by Crippen LogP contribution is 2.50. The molecule has 5 aromatic rings. The number of benzene rings is 3. The first kappa shape index (κ1) is 86.4. The lowest BCUT2D eigenvalue weighted by Crippen LogP contribution is -2.64. The zero-order valence-corrected chi connectivity index (χ0v) is 64.4. The molecule has 113 heavy (non-hydrogen) atoms. The molecule has 37 nitrogen and oxygen atoms in total. The van der Waals surface area contributed by atoms with Gasteiger partial charge in [0, 0.05) is 82.3 Å². The van der Waals surface area contributed by atoms with Gasteiger partial charge >= 0.3 is 5.97 Å². The number of amides is 4. The van der Waals surface area contributed by atoms with Gasteiger partial charge in [0.05, 0.1) is 79.7 Å². The molecule has 40 heteroatoms. The molecule has 0 radical (unpaired) electrons. The number of allylic oxidation sites excluding steroid dienone is 7. The van der Waals surface area contributed by atoms with Crippen molar-refractivity contribution in [1.29, 1.82) is 0 Å². The molecule has 11 atom stereocenters. The summed E-state index contributed by atoms with van der Waals surface area (Å²) < 4.78 is 94.9. The van der Waals surface area contributed by atoms with Crippen LogP contribution in [0.1, 0.15) is 99.8 Å². The van der Waals surface area contributed by atoms with Crippen molar-refractivity contribution in [2.75, 3.05) is 81.0 Å². The number of rotatable bonds is 34. The second kappa shape index (κ2) is 37.0. The van der Waals surface area contributed by atoms with E-state index in [1.165, 1.54) is 66.5 Å². The van der Waals surface area contributed by atoms with Crippen LogP contribution in [-0.4, -0.2) is 264 Å². The number of hydrogen-bond donors (Lipinski definition) is 18. The maximum Gasteiger partial charge on any atom is 0.326 e. The number of aliphatic hydroxyl groups excluding tert-OH is 8. The van der Waals surface area contributed by atoms with Gasteiger partial charge < -0.3 is 102 Å². The normalized spacial score (nSPS) is 23.9. The number of aliphatic carboxylic acids is 1. The minimum Gasteiger partial charge on any atom is -0.480 e. The van der Waals surface area contributed by atoms with E-state index in [0.717, 1.165) is 16.1 Å². The SMILES string of the molecule is CC1(C)C(/C=C/C2=C(SCCOCCOCCNC(=O)CCC(NC(=O)c3ccc(NCc4cnc5nc(N)[nH]c(=O)c5n4)cc3)C(=O)O)C(=C/C=C3/N(CCC(=O)NC4C(O)OC(CO)C(O)C4O)c4ccc(S(=O)(=O)O)cc4C3(C)C)/CCC2)=[N+](CCC(=O)NC2C(O)OC(CO)C(O)C2O)c2ccc(S(=O)(=O)O)cc21. The van der Waals surface area contributed by atoms with Crippen molar-refractivity contribution in [3.8, 4) is 0 Å². The molecule has 10 rings (SSSR count). The van der Waals surface area contributed by atoms with E-state index in [0.29, 0.717) is 70.3 Å². The molecule has 2 aromatic heterocycles. The number of thioether (sulfide) groups is 1. The average molecular weight is 1630 g/mol. The van der Waals surface area contributed by atoms with Gasteiger partial charge in [-0.2, -0.15) is 26.4 Å². The zero-order chi connectivity index (χ0) is 82.0. The van der Waals surface area contributed by atoms with Crippen molar-refractivity contribution in [2.45, 2.75) is 167 Å². The van der Waals surface area contributed by atoms with Crippen LogP contribution in [0.2, 0.25) is 0 Å². The number of nitrogens with one attached hydrogen (secondary N) is 6. The molecule has 3 aromatic carbocycles. The molecule has 4 amide bonds. The highest BCUT2D eigenvalue weighted by Gasteiger charge is 2.49. The van der Waals surface area contributed by atoms with Crippen molar-refractivity contribution in [3.63, 3.8) is 0 Å². The molecule has 0 spiro atoms. The Hall–Kier alpha value is -9.05. The first-order chi connectivity index (χ1) is 53.5. The summed E-state index contributed by atoms with van der Waals surface area (Å²) in [4.78, 5) is 94.5. The average Bonchev–Trinajstić information content (AvgIpc) is 1.59. The van der Waals surface area contributed by atoms with Gasteiger partial charge in [-0.3, -0.25) is 38.1 Å². The van der Waals surface area contributed by atoms with E-state index >= 15 is 0 Å². The van der Waals surface area contributed by atoms with Gasteiger partial charge in [-0.15, -0.1) is 11.8 Å². The van der Waals surface area contributed by atoms with E-state index in [4.69, 9.17) is 24.7 Å². The number of hydrogen-bond acceptors (Lipinski definition) is 29. The lowest BCUT2D eigenvalue weighted by Gasteiger charge is -2.40. The molecule has 1 aliphatic carbocycles. The summed E-state index contributed by atoms with van der Waals surface area (Å²) in [6, 6.07) is 9.87. The fraction of sp³-hybridized carbons (Fsp3) is 0.479. The Balaban J connectivity index is 0.821. The molecule has 2 fully saturated rings. The summed E-state index contributed by atoms with van der Waals surface area (Å²) in [7, 11) is -9.42. The smallest absolute Gasteiger partial charge is 0.326 e. The van der Waals surface area contributed by atoms with Crippen LogP contribution in [0, 0.1) is 0 Å². The number of ether oxygens (including phenoxy) is 4. The molecular weight excluding hydrogens is 1540 g/mol. The van der Waals surface area contributed by atoms with Gasteiger partial charge in [0.1, 0.15) is 54.7 Å². The first-order valence-electron chi connectivity index (χ1n) is 36.1. The number of aromatic amines is 1. The van der Waals surface area contributed by atoms with Crippen molar-refractivity contribution >= 4 is 101 Å². The van der Waals surface area contributed by atoms with Gasteiger partial charge in [0.25, 0.3) is 31.7 Å². The van der Waals surface area contributed by atoms with Crippen LogP contribution in [0.5, 0.6) is 0 Å². The number of carbonyl (C=O) groups excluding carboxylic acids is 4. The minimum atomic E-state index is -4.71. The maximum atomic E-state index is 13.7. The molecule has 11 unspecified atom stereocenters. The fourth-order valence-electron chi connectivity index (χ4n) is 14.0. The van der Waals surface area contributed by atoms with Crippen LogP contribution >= 0.6 is 11.8 Å². The third-order valence-electron chi connectivity index (χ3n) is 20.0. The van der Waals surface area contributed by atoms with Gasteiger partial charge in [0.15, 0.2) is 36.0 Å². The van der Waals surface area contributed by atoms with Crippen LogP contribution in [0.3, 0.4) is 0 Å². The Morgan fingerprint density at radius 1 is 0.752 bits per heavy atom. The van der Waals surface area contributed by atoms with Crippen molar-refractivity contribution in [2.24, 2.45) is 0 Å². The Morgan fingerprint density at radius 2 is 1.37 bits per heavy atom. The molecule has 4 aliphatic heterocycles. The zero-order valence-electron chi connectivity index (χ0n) is 61.9. The Morgan fingerprint density at radius 3 is 2.00 bits per heavy atom. The van der Waals surface area contributed by atoms with Crippen LogP contribution in [0.4, 0.5) is 23.0 Å². The number of nitrogens with zero attached hydrogens (tertiary/aromatic N) is 5. The molecule has 612 valence electrons.